The van der Waals surface area contributed by atoms with E-state index in [9.17, 15) is 4.79 Å². The Bertz CT molecular complexity index is 228. The Morgan fingerprint density at radius 2 is 1.87 bits per heavy atom. The molecule has 0 aliphatic carbocycles. The van der Waals surface area contributed by atoms with Crippen LogP contribution < -0.4 is 0 Å². The number of nitrogens with zero attached hydrogens (tertiary/aromatic N) is 2. The van der Waals surface area contributed by atoms with Crippen LogP contribution in [0, 0.1) is 17.2 Å². The van der Waals surface area contributed by atoms with Crippen LogP contribution in [0.2, 0.25) is 0 Å². The number of carbonyl (C=O) groups is 1. The van der Waals surface area contributed by atoms with E-state index in [4.69, 9.17) is 5.26 Å². The summed E-state index contributed by atoms with van der Waals surface area (Å²) in [5, 5.41) is 8.91. The molecule has 0 heterocycles. The van der Waals surface area contributed by atoms with E-state index in [-0.39, 0.29) is 11.9 Å². The fourth-order valence-corrected chi connectivity index (χ4v) is 1.79. The van der Waals surface area contributed by atoms with Gasteiger partial charge in [0, 0.05) is 13.1 Å². The lowest BCUT2D eigenvalue weighted by atomic mass is 10.0. The van der Waals surface area contributed by atoms with Crippen molar-refractivity contribution in [3.8, 4) is 6.07 Å². The molecule has 0 spiro atoms. The molecule has 0 aromatic rings. The lowest BCUT2D eigenvalue weighted by Gasteiger charge is -2.27. The second-order valence-electron chi connectivity index (χ2n) is 3.89. The molecule has 1 unspecified atom stereocenters. The Hall–Kier alpha value is -1.04. The number of hydrogen-bond acceptors (Lipinski definition) is 2. The molecule has 0 bridgehead atoms. The van der Waals surface area contributed by atoms with Gasteiger partial charge in [-0.1, -0.05) is 27.2 Å². The van der Waals surface area contributed by atoms with Gasteiger partial charge in [0.05, 0.1) is 6.07 Å². The minimum absolute atomic E-state index is 0.0203. The van der Waals surface area contributed by atoms with Gasteiger partial charge in [0.25, 0.3) is 0 Å². The van der Waals surface area contributed by atoms with Crippen molar-refractivity contribution in [2.75, 3.05) is 7.05 Å². The highest BCUT2D eigenvalue weighted by molar-refractivity contribution is 5.81. The van der Waals surface area contributed by atoms with E-state index in [1.807, 2.05) is 6.92 Å². The number of rotatable bonds is 6. The summed E-state index contributed by atoms with van der Waals surface area (Å²) in [5.74, 6) is -0.478. The number of carbonyl (C=O) groups excluding carboxylic acids is 1. The van der Waals surface area contributed by atoms with E-state index in [1.165, 1.54) is 0 Å². The van der Waals surface area contributed by atoms with Gasteiger partial charge in [0.15, 0.2) is 0 Å². The molecular weight excluding hydrogens is 188 g/mol. The highest BCUT2D eigenvalue weighted by Crippen LogP contribution is 2.13. The average Bonchev–Trinajstić information content (AvgIpc) is 2.26. The zero-order chi connectivity index (χ0) is 11.8. The molecule has 0 rings (SSSR count). The maximum absolute atomic E-state index is 11.9. The van der Waals surface area contributed by atoms with Crippen molar-refractivity contribution >= 4 is 5.91 Å². The molecule has 0 radical (unpaired) electrons. The smallest absolute Gasteiger partial charge is 0.239 e. The zero-order valence-corrected chi connectivity index (χ0v) is 10.3. The molecule has 3 nitrogen and oxygen atoms in total. The molecule has 0 saturated carbocycles. The zero-order valence-electron chi connectivity index (χ0n) is 10.3. The van der Waals surface area contributed by atoms with Gasteiger partial charge in [-0.3, -0.25) is 4.79 Å². The maximum Gasteiger partial charge on any atom is 0.239 e. The fraction of sp³-hybridized carbons (Fsp3) is 0.833. The van der Waals surface area contributed by atoms with Crippen LogP contribution in [-0.2, 0) is 4.79 Å². The summed E-state index contributed by atoms with van der Waals surface area (Å²) >= 11 is 0. The van der Waals surface area contributed by atoms with Crippen LogP contribution >= 0.6 is 0 Å². The maximum atomic E-state index is 11.9. The second-order valence-corrected chi connectivity index (χ2v) is 3.89. The van der Waals surface area contributed by atoms with E-state index < -0.39 is 5.92 Å². The first-order valence-corrected chi connectivity index (χ1v) is 5.78. The van der Waals surface area contributed by atoms with E-state index in [1.54, 1.807) is 11.9 Å². The molecule has 0 saturated heterocycles. The topological polar surface area (TPSA) is 44.1 Å². The van der Waals surface area contributed by atoms with Crippen LogP contribution in [-0.4, -0.2) is 23.9 Å². The first kappa shape index (κ1) is 14.0. The minimum Gasteiger partial charge on any atom is -0.342 e. The Balaban J connectivity index is 4.47. The Kier molecular flexibility index (Phi) is 6.77. The summed E-state index contributed by atoms with van der Waals surface area (Å²) in [4.78, 5) is 13.7. The van der Waals surface area contributed by atoms with Crippen molar-refractivity contribution in [3.63, 3.8) is 0 Å². The fourth-order valence-electron chi connectivity index (χ4n) is 1.79. The van der Waals surface area contributed by atoms with Crippen molar-refractivity contribution in [2.45, 2.75) is 52.5 Å². The average molecular weight is 210 g/mol. The number of nitriles is 1. The van der Waals surface area contributed by atoms with Crippen LogP contribution in [0.4, 0.5) is 0 Å². The summed E-state index contributed by atoms with van der Waals surface area (Å²) in [7, 11) is 1.81. The molecule has 3 heteroatoms. The predicted octanol–water partition coefficient (Wildman–Crippen LogP) is 2.57. The third-order valence-electron chi connectivity index (χ3n) is 2.87. The third kappa shape index (κ3) is 3.91. The Labute approximate surface area is 93.1 Å². The van der Waals surface area contributed by atoms with Crippen LogP contribution in [0.3, 0.4) is 0 Å². The van der Waals surface area contributed by atoms with E-state index in [2.05, 4.69) is 19.9 Å². The molecule has 86 valence electrons. The Morgan fingerprint density at radius 1 is 1.33 bits per heavy atom. The number of amides is 1. The van der Waals surface area contributed by atoms with Gasteiger partial charge in [-0.25, -0.2) is 0 Å². The normalized spacial score (nSPS) is 12.3. The van der Waals surface area contributed by atoms with Crippen molar-refractivity contribution < 1.29 is 4.79 Å². The second kappa shape index (κ2) is 7.28. The minimum atomic E-state index is -0.458. The predicted molar refractivity (Wildman–Crippen MR) is 61.2 cm³/mol. The summed E-state index contributed by atoms with van der Waals surface area (Å²) < 4.78 is 0. The molecule has 1 atom stereocenters. The van der Waals surface area contributed by atoms with Crippen molar-refractivity contribution in [3.05, 3.63) is 0 Å². The molecule has 15 heavy (non-hydrogen) atoms. The molecule has 0 fully saturated rings. The molecule has 0 aliphatic heterocycles. The van der Waals surface area contributed by atoms with Gasteiger partial charge in [0.2, 0.25) is 5.91 Å². The monoisotopic (exact) mass is 210 g/mol. The van der Waals surface area contributed by atoms with Gasteiger partial charge in [-0.15, -0.1) is 0 Å². The van der Waals surface area contributed by atoms with Crippen molar-refractivity contribution in [1.82, 2.24) is 4.90 Å². The van der Waals surface area contributed by atoms with Crippen molar-refractivity contribution in [1.29, 1.82) is 5.26 Å². The van der Waals surface area contributed by atoms with E-state index in [0.717, 1.165) is 19.3 Å². The first-order valence-electron chi connectivity index (χ1n) is 5.78. The molecular formula is C12H22N2O. The summed E-state index contributed by atoms with van der Waals surface area (Å²) in [6, 6.07) is 2.36. The first-order chi connectivity index (χ1) is 7.12. The van der Waals surface area contributed by atoms with Crippen LogP contribution in [0.1, 0.15) is 46.5 Å². The number of hydrogen-bond donors (Lipinski definition) is 0. The molecule has 0 aliphatic rings. The SMILES string of the molecule is CCCC(C#N)C(=O)N(C)C(CC)CC. The van der Waals surface area contributed by atoms with Gasteiger partial charge in [0.1, 0.15) is 5.92 Å². The molecule has 0 aromatic carbocycles. The molecule has 0 aromatic heterocycles. The lowest BCUT2D eigenvalue weighted by molar-refractivity contribution is -0.134. The highest BCUT2D eigenvalue weighted by Gasteiger charge is 2.24. The highest BCUT2D eigenvalue weighted by atomic mass is 16.2. The quantitative estimate of drug-likeness (QED) is 0.676. The summed E-state index contributed by atoms with van der Waals surface area (Å²) in [6.07, 6.45) is 3.44. The van der Waals surface area contributed by atoms with Gasteiger partial charge >= 0.3 is 0 Å². The van der Waals surface area contributed by atoms with E-state index >= 15 is 0 Å². The standard InChI is InChI=1S/C12H22N2O/c1-5-8-10(9-13)12(15)14(4)11(6-2)7-3/h10-11H,5-8H2,1-4H3. The molecule has 1 amide bonds. The van der Waals surface area contributed by atoms with Gasteiger partial charge in [-0.2, -0.15) is 5.26 Å². The Morgan fingerprint density at radius 3 is 2.20 bits per heavy atom. The van der Waals surface area contributed by atoms with Crippen LogP contribution in [0.5, 0.6) is 0 Å². The van der Waals surface area contributed by atoms with Crippen molar-refractivity contribution in [2.24, 2.45) is 5.92 Å². The van der Waals surface area contributed by atoms with Crippen LogP contribution in [0.25, 0.3) is 0 Å². The van der Waals surface area contributed by atoms with Gasteiger partial charge < -0.3 is 4.90 Å². The molecule has 0 N–H and O–H groups in total. The summed E-state index contributed by atoms with van der Waals surface area (Å²) in [5.41, 5.74) is 0. The third-order valence-corrected chi connectivity index (χ3v) is 2.87. The largest absolute Gasteiger partial charge is 0.342 e. The summed E-state index contributed by atoms with van der Waals surface area (Å²) in [6.45, 7) is 6.13. The lowest BCUT2D eigenvalue weighted by Crippen LogP contribution is -2.39. The van der Waals surface area contributed by atoms with Gasteiger partial charge in [-0.05, 0) is 19.3 Å². The van der Waals surface area contributed by atoms with Crippen LogP contribution in [0.15, 0.2) is 0 Å². The van der Waals surface area contributed by atoms with E-state index in [0.29, 0.717) is 6.42 Å².